The van der Waals surface area contributed by atoms with Gasteiger partial charge < -0.3 is 4.74 Å². The normalized spacial score (nSPS) is 18.0. The van der Waals surface area contributed by atoms with Crippen LogP contribution in [-0.2, 0) is 17.6 Å². The first-order valence-corrected chi connectivity index (χ1v) is 16.5. The summed E-state index contributed by atoms with van der Waals surface area (Å²) in [6, 6.07) is 21.1. The van der Waals surface area contributed by atoms with E-state index in [1.54, 1.807) is 0 Å². The number of unbranched alkanes of at least 4 members (excludes halogenated alkanes) is 4. The highest BCUT2D eigenvalue weighted by Crippen LogP contribution is 2.36. The molecular weight excluding hydrogens is 496 g/mol. The zero-order chi connectivity index (χ0) is 29.2. The summed E-state index contributed by atoms with van der Waals surface area (Å²) in [6.07, 6.45) is 14.9. The molecule has 1 fully saturated rings. The zero-order valence-corrected chi connectivity index (χ0v) is 26.4. The summed E-state index contributed by atoms with van der Waals surface area (Å²) in [5.41, 5.74) is 9.35. The standard InChI is InChI=1S/C40H54O.H2/c1-7-9-10-11-12-25-41-38-22-19-33(20-23-38)32-13-15-34(16-14-32)35-21-24-39-37(27-31(6)30(5)8-2)18-17-36(26-29(3)4)40(39)28-35;/h13-18,21,24,28,30,33,38H,3,6-12,19-20,22-23,25-27H2,1-2,4-5H3;1H. The lowest BCUT2D eigenvalue weighted by atomic mass is 9.82. The Bertz CT molecular complexity index is 1280. The molecule has 222 valence electrons. The Morgan fingerprint density at radius 2 is 1.46 bits per heavy atom. The van der Waals surface area contributed by atoms with Gasteiger partial charge in [-0.3, -0.25) is 0 Å². The molecule has 1 heteroatoms. The van der Waals surface area contributed by atoms with E-state index in [1.807, 2.05) is 0 Å². The van der Waals surface area contributed by atoms with Gasteiger partial charge in [0.1, 0.15) is 0 Å². The average molecular weight is 553 g/mol. The van der Waals surface area contributed by atoms with Gasteiger partial charge in [-0.15, -0.1) is 0 Å². The molecule has 1 aliphatic rings. The Kier molecular flexibility index (Phi) is 11.9. The van der Waals surface area contributed by atoms with Gasteiger partial charge in [0.2, 0.25) is 0 Å². The van der Waals surface area contributed by atoms with Gasteiger partial charge in [-0.05, 0) is 115 Å². The minimum absolute atomic E-state index is 0. The van der Waals surface area contributed by atoms with Gasteiger partial charge in [0.05, 0.1) is 6.10 Å². The lowest BCUT2D eigenvalue weighted by Gasteiger charge is -2.29. The Morgan fingerprint density at radius 3 is 2.12 bits per heavy atom. The van der Waals surface area contributed by atoms with Crippen LogP contribution in [0.3, 0.4) is 0 Å². The first kappa shape index (κ1) is 31.3. The fourth-order valence-corrected chi connectivity index (χ4v) is 6.46. The quantitative estimate of drug-likeness (QED) is 0.135. The minimum Gasteiger partial charge on any atom is -0.378 e. The van der Waals surface area contributed by atoms with E-state index in [0.717, 1.165) is 25.9 Å². The smallest absolute Gasteiger partial charge is 0.0575 e. The topological polar surface area (TPSA) is 9.23 Å². The van der Waals surface area contributed by atoms with Crippen molar-refractivity contribution in [2.45, 2.75) is 117 Å². The summed E-state index contributed by atoms with van der Waals surface area (Å²) >= 11 is 0. The number of ether oxygens (including phenoxy) is 1. The monoisotopic (exact) mass is 552 g/mol. The molecule has 0 saturated heterocycles. The fourth-order valence-electron chi connectivity index (χ4n) is 6.46. The average Bonchev–Trinajstić information content (AvgIpc) is 2.99. The van der Waals surface area contributed by atoms with E-state index >= 15 is 0 Å². The van der Waals surface area contributed by atoms with Crippen molar-refractivity contribution in [2.24, 2.45) is 5.92 Å². The SMILES string of the molecule is C=C(C)Cc1ccc(CC(=C)C(C)CC)c2ccc(-c3ccc(C4CCC(OCCCCCCC)CC4)cc3)cc12.[HH]. The largest absolute Gasteiger partial charge is 0.378 e. The third-order valence-corrected chi connectivity index (χ3v) is 9.41. The van der Waals surface area contributed by atoms with Crippen molar-refractivity contribution in [3.05, 3.63) is 95.6 Å². The molecule has 0 aliphatic heterocycles. The van der Waals surface area contributed by atoms with Crippen LogP contribution in [0.15, 0.2) is 78.9 Å². The molecule has 1 atom stereocenters. The van der Waals surface area contributed by atoms with Crippen LogP contribution in [0.1, 0.15) is 116 Å². The lowest BCUT2D eigenvalue weighted by molar-refractivity contribution is 0.0226. The predicted octanol–water partition coefficient (Wildman–Crippen LogP) is 12.0. The second kappa shape index (κ2) is 15.5. The number of fused-ring (bicyclic) bond motifs is 1. The molecule has 0 bridgehead atoms. The third kappa shape index (κ3) is 8.68. The number of hydrogen-bond donors (Lipinski definition) is 0. The van der Waals surface area contributed by atoms with Gasteiger partial charge in [0, 0.05) is 8.03 Å². The van der Waals surface area contributed by atoms with Gasteiger partial charge in [-0.25, -0.2) is 0 Å². The molecular formula is C40H56O. The molecule has 0 heterocycles. The van der Waals surface area contributed by atoms with Crippen LogP contribution in [0.2, 0.25) is 0 Å². The van der Waals surface area contributed by atoms with Crippen molar-refractivity contribution in [3.8, 4) is 11.1 Å². The van der Waals surface area contributed by atoms with Crippen molar-refractivity contribution < 1.29 is 6.16 Å². The van der Waals surface area contributed by atoms with Crippen LogP contribution in [0.5, 0.6) is 0 Å². The molecule has 0 spiro atoms. The first-order valence-electron chi connectivity index (χ1n) is 16.5. The van der Waals surface area contributed by atoms with Gasteiger partial charge in [-0.2, -0.15) is 0 Å². The van der Waals surface area contributed by atoms with Gasteiger partial charge in [0.25, 0.3) is 0 Å². The van der Waals surface area contributed by atoms with Crippen LogP contribution in [0, 0.1) is 5.92 Å². The van der Waals surface area contributed by atoms with Crippen molar-refractivity contribution in [2.75, 3.05) is 6.61 Å². The van der Waals surface area contributed by atoms with Crippen LogP contribution in [0.4, 0.5) is 0 Å². The Hall–Kier alpha value is -2.64. The number of hydrogen-bond acceptors (Lipinski definition) is 1. The predicted molar refractivity (Wildman–Crippen MR) is 182 cm³/mol. The van der Waals surface area contributed by atoms with Gasteiger partial charge in [-0.1, -0.05) is 119 Å². The van der Waals surface area contributed by atoms with E-state index in [4.69, 9.17) is 4.74 Å². The van der Waals surface area contributed by atoms with Crippen LogP contribution in [0.25, 0.3) is 21.9 Å². The molecule has 0 aromatic heterocycles. The molecule has 3 aromatic carbocycles. The Morgan fingerprint density at radius 1 is 0.805 bits per heavy atom. The summed E-state index contributed by atoms with van der Waals surface area (Å²) in [4.78, 5) is 0. The zero-order valence-electron chi connectivity index (χ0n) is 26.4. The van der Waals surface area contributed by atoms with Crippen LogP contribution >= 0.6 is 0 Å². The van der Waals surface area contributed by atoms with Gasteiger partial charge >= 0.3 is 0 Å². The maximum atomic E-state index is 6.23. The van der Waals surface area contributed by atoms with Crippen molar-refractivity contribution in [3.63, 3.8) is 0 Å². The molecule has 1 aliphatic carbocycles. The molecule has 3 aromatic rings. The first-order chi connectivity index (χ1) is 19.9. The highest BCUT2D eigenvalue weighted by Gasteiger charge is 2.23. The summed E-state index contributed by atoms with van der Waals surface area (Å²) in [6.45, 7) is 18.5. The number of rotatable bonds is 15. The molecule has 1 saturated carbocycles. The van der Waals surface area contributed by atoms with E-state index in [9.17, 15) is 0 Å². The molecule has 41 heavy (non-hydrogen) atoms. The van der Waals surface area contributed by atoms with E-state index in [2.05, 4.69) is 95.5 Å². The molecule has 0 radical (unpaired) electrons. The maximum absolute atomic E-state index is 6.23. The number of benzene rings is 3. The Labute approximate surface area is 252 Å². The summed E-state index contributed by atoms with van der Waals surface area (Å²) in [5.74, 6) is 1.20. The van der Waals surface area contributed by atoms with E-state index in [-0.39, 0.29) is 1.43 Å². The number of allylic oxidation sites excluding steroid dienone is 2. The molecule has 0 N–H and O–H groups in total. The Balaban J connectivity index is 0.00000484. The summed E-state index contributed by atoms with van der Waals surface area (Å²) in [5, 5.41) is 2.71. The van der Waals surface area contributed by atoms with Crippen LogP contribution in [-0.4, -0.2) is 12.7 Å². The highest BCUT2D eigenvalue weighted by atomic mass is 16.5. The molecule has 1 unspecified atom stereocenters. The van der Waals surface area contributed by atoms with Crippen molar-refractivity contribution in [1.29, 1.82) is 0 Å². The molecule has 1 nitrogen and oxygen atoms in total. The van der Waals surface area contributed by atoms with Crippen molar-refractivity contribution >= 4 is 10.8 Å². The summed E-state index contributed by atoms with van der Waals surface area (Å²) in [7, 11) is 0. The van der Waals surface area contributed by atoms with Crippen molar-refractivity contribution in [1.82, 2.24) is 0 Å². The maximum Gasteiger partial charge on any atom is 0.0575 e. The fraction of sp³-hybridized carbons (Fsp3) is 0.500. The van der Waals surface area contributed by atoms with Crippen LogP contribution < -0.4 is 0 Å². The van der Waals surface area contributed by atoms with E-state index < -0.39 is 0 Å². The minimum atomic E-state index is 0. The lowest BCUT2D eigenvalue weighted by Crippen LogP contribution is -2.21. The summed E-state index contributed by atoms with van der Waals surface area (Å²) < 4.78 is 6.23. The molecule has 0 amide bonds. The van der Waals surface area contributed by atoms with E-state index in [1.165, 1.54) is 108 Å². The molecule has 4 rings (SSSR count). The highest BCUT2D eigenvalue weighted by molar-refractivity contribution is 5.92. The second-order valence-electron chi connectivity index (χ2n) is 12.8. The second-order valence-corrected chi connectivity index (χ2v) is 12.8. The van der Waals surface area contributed by atoms with Gasteiger partial charge in [0.15, 0.2) is 0 Å². The third-order valence-electron chi connectivity index (χ3n) is 9.41. The van der Waals surface area contributed by atoms with E-state index in [0.29, 0.717) is 17.9 Å².